The van der Waals surface area contributed by atoms with E-state index in [2.05, 4.69) is 0 Å². The van der Waals surface area contributed by atoms with Gasteiger partial charge in [-0.25, -0.2) is 0 Å². The predicted molar refractivity (Wildman–Crippen MR) is 133 cm³/mol. The molecule has 0 spiro atoms. The summed E-state index contributed by atoms with van der Waals surface area (Å²) in [6.07, 6.45) is 1.21. The van der Waals surface area contributed by atoms with Gasteiger partial charge in [-0.05, 0) is 73.4 Å². The first-order chi connectivity index (χ1) is 16.8. The normalized spacial score (nSPS) is 16.5. The summed E-state index contributed by atoms with van der Waals surface area (Å²) in [5.41, 5.74) is 8.91. The van der Waals surface area contributed by atoms with E-state index >= 15 is 0 Å². The molecule has 3 N–H and O–H groups in total. The Labute approximate surface area is 204 Å². The molecule has 35 heavy (non-hydrogen) atoms. The number of carboxylic acid groups (broad SMARTS) is 1. The highest BCUT2D eigenvalue weighted by Gasteiger charge is 2.39. The molecule has 4 rings (SSSR count). The van der Waals surface area contributed by atoms with Gasteiger partial charge in [-0.1, -0.05) is 30.3 Å². The fourth-order valence-corrected chi connectivity index (χ4v) is 4.62. The zero-order valence-electron chi connectivity index (χ0n) is 19.5. The first-order valence-electron chi connectivity index (χ1n) is 11.6. The van der Waals surface area contributed by atoms with Crippen molar-refractivity contribution in [3.63, 3.8) is 0 Å². The summed E-state index contributed by atoms with van der Waals surface area (Å²) in [6.45, 7) is 2.40. The Morgan fingerprint density at radius 1 is 0.971 bits per heavy atom. The van der Waals surface area contributed by atoms with Gasteiger partial charge in [0.15, 0.2) is 0 Å². The Morgan fingerprint density at radius 3 is 2.31 bits per heavy atom. The number of ether oxygens (including phenoxy) is 1. The van der Waals surface area contributed by atoms with Gasteiger partial charge in [0.05, 0.1) is 0 Å². The van der Waals surface area contributed by atoms with Crippen LogP contribution in [0.4, 0.5) is 5.69 Å². The molecule has 1 heterocycles. The molecule has 1 aliphatic heterocycles. The van der Waals surface area contributed by atoms with Gasteiger partial charge < -0.3 is 20.5 Å². The number of hydrogen-bond donors (Lipinski definition) is 2. The second kappa shape index (κ2) is 10.4. The monoisotopic (exact) mass is 472 g/mol. The summed E-state index contributed by atoms with van der Waals surface area (Å²) in [7, 11) is 0. The number of nitrogens with two attached hydrogens (primary N) is 1. The van der Waals surface area contributed by atoms with Crippen molar-refractivity contribution in [3.8, 4) is 5.75 Å². The molecule has 3 aromatic carbocycles. The summed E-state index contributed by atoms with van der Waals surface area (Å²) in [5.74, 6) is -0.904. The third-order valence-corrected chi connectivity index (χ3v) is 6.44. The van der Waals surface area contributed by atoms with Crippen molar-refractivity contribution in [1.29, 1.82) is 0 Å². The molecule has 2 atom stereocenters. The number of amides is 2. The minimum absolute atomic E-state index is 0.0292. The molecular weight excluding hydrogens is 444 g/mol. The van der Waals surface area contributed by atoms with E-state index in [0.717, 1.165) is 16.8 Å². The topological polar surface area (TPSA) is 110 Å². The van der Waals surface area contributed by atoms with Crippen LogP contribution < -0.4 is 15.4 Å². The number of hydrogen-bond acceptors (Lipinski definition) is 4. The van der Waals surface area contributed by atoms with Crippen LogP contribution in [0.5, 0.6) is 5.75 Å². The van der Waals surface area contributed by atoms with E-state index in [1.807, 2.05) is 55.5 Å². The average Bonchev–Trinajstić information content (AvgIpc) is 3.13. The van der Waals surface area contributed by atoms with E-state index in [1.165, 1.54) is 0 Å². The third kappa shape index (κ3) is 5.35. The third-order valence-electron chi connectivity index (χ3n) is 6.44. The maximum atomic E-state index is 13.5. The van der Waals surface area contributed by atoms with Crippen molar-refractivity contribution in [2.75, 3.05) is 4.90 Å². The highest BCUT2D eigenvalue weighted by Crippen LogP contribution is 2.45. The molecule has 0 saturated heterocycles. The number of carbonyl (C=O) groups excluding carboxylic acids is 2. The van der Waals surface area contributed by atoms with Crippen LogP contribution in [0.1, 0.15) is 63.9 Å². The lowest BCUT2D eigenvalue weighted by Crippen LogP contribution is -2.37. The number of aliphatic carboxylic acids is 1. The van der Waals surface area contributed by atoms with Gasteiger partial charge in [0.25, 0.3) is 5.91 Å². The molecule has 0 aliphatic carbocycles. The standard InChI is InChI=1S/C28H28N2O5/c1-18-23(8-5-9-26(31)32)24-16-22(35-17-19-6-3-2-4-7-19)14-15-25(24)30(18)28(34)21-12-10-20(11-13-21)27(29)33/h2-4,6-7,10-16,18,23H,5,8-9,17H2,1H3,(H2,29,33)(H,31,32). The van der Waals surface area contributed by atoms with E-state index in [-0.39, 0.29) is 24.3 Å². The van der Waals surface area contributed by atoms with Crippen molar-refractivity contribution in [1.82, 2.24) is 0 Å². The maximum absolute atomic E-state index is 13.5. The quantitative estimate of drug-likeness (QED) is 0.467. The number of rotatable bonds is 9. The summed E-state index contributed by atoms with van der Waals surface area (Å²) < 4.78 is 6.02. The van der Waals surface area contributed by atoms with Crippen LogP contribution in [0.2, 0.25) is 0 Å². The fraction of sp³-hybridized carbons (Fsp3) is 0.250. The van der Waals surface area contributed by atoms with E-state index in [9.17, 15) is 14.4 Å². The Kier molecular flexibility index (Phi) is 7.15. The zero-order chi connectivity index (χ0) is 24.9. The molecule has 180 valence electrons. The van der Waals surface area contributed by atoms with Gasteiger partial charge >= 0.3 is 5.97 Å². The van der Waals surface area contributed by atoms with Gasteiger partial charge in [0, 0.05) is 35.2 Å². The first-order valence-corrected chi connectivity index (χ1v) is 11.6. The first kappa shape index (κ1) is 24.0. The van der Waals surface area contributed by atoms with Crippen molar-refractivity contribution in [2.24, 2.45) is 5.73 Å². The summed E-state index contributed by atoms with van der Waals surface area (Å²) in [4.78, 5) is 37.7. The van der Waals surface area contributed by atoms with E-state index in [1.54, 1.807) is 29.2 Å². The minimum atomic E-state index is -0.835. The molecule has 2 unspecified atom stereocenters. The Morgan fingerprint density at radius 2 is 1.66 bits per heavy atom. The molecule has 7 nitrogen and oxygen atoms in total. The van der Waals surface area contributed by atoms with Crippen LogP contribution >= 0.6 is 0 Å². The fourth-order valence-electron chi connectivity index (χ4n) is 4.62. The molecule has 0 bridgehead atoms. The van der Waals surface area contributed by atoms with E-state index in [0.29, 0.717) is 36.3 Å². The molecular formula is C28H28N2O5. The van der Waals surface area contributed by atoms with Crippen LogP contribution in [0.25, 0.3) is 0 Å². The summed E-state index contributed by atoms with van der Waals surface area (Å²) >= 11 is 0. The molecule has 0 aromatic heterocycles. The van der Waals surface area contributed by atoms with Gasteiger partial charge in [0.1, 0.15) is 12.4 Å². The van der Waals surface area contributed by atoms with Crippen LogP contribution in [-0.2, 0) is 11.4 Å². The smallest absolute Gasteiger partial charge is 0.303 e. The van der Waals surface area contributed by atoms with Crippen molar-refractivity contribution >= 4 is 23.5 Å². The van der Waals surface area contributed by atoms with Crippen molar-refractivity contribution in [3.05, 3.63) is 95.1 Å². The van der Waals surface area contributed by atoms with Crippen LogP contribution in [0.3, 0.4) is 0 Å². The molecule has 0 radical (unpaired) electrons. The SMILES string of the molecule is CC1C(CCCC(=O)O)c2cc(OCc3ccccc3)ccc2N1C(=O)c1ccc(C(N)=O)cc1. The van der Waals surface area contributed by atoms with Gasteiger partial charge in [-0.2, -0.15) is 0 Å². The Hall–Kier alpha value is -4.13. The zero-order valence-corrected chi connectivity index (χ0v) is 19.5. The summed E-state index contributed by atoms with van der Waals surface area (Å²) in [5, 5.41) is 9.10. The number of primary amides is 1. The van der Waals surface area contributed by atoms with E-state index < -0.39 is 11.9 Å². The number of anilines is 1. The molecule has 0 saturated carbocycles. The Balaban J connectivity index is 1.61. The van der Waals surface area contributed by atoms with Crippen molar-refractivity contribution in [2.45, 2.75) is 44.8 Å². The van der Waals surface area contributed by atoms with Gasteiger partial charge in [0.2, 0.25) is 5.91 Å². The second-order valence-corrected chi connectivity index (χ2v) is 8.74. The largest absolute Gasteiger partial charge is 0.489 e. The lowest BCUT2D eigenvalue weighted by Gasteiger charge is -2.25. The molecule has 3 aromatic rings. The molecule has 2 amide bonds. The minimum Gasteiger partial charge on any atom is -0.489 e. The lowest BCUT2D eigenvalue weighted by molar-refractivity contribution is -0.137. The van der Waals surface area contributed by atoms with Gasteiger partial charge in [-0.3, -0.25) is 14.4 Å². The molecule has 0 fully saturated rings. The van der Waals surface area contributed by atoms with Crippen LogP contribution in [0, 0.1) is 0 Å². The highest BCUT2D eigenvalue weighted by atomic mass is 16.5. The highest BCUT2D eigenvalue weighted by molar-refractivity contribution is 6.08. The Bertz CT molecular complexity index is 1220. The van der Waals surface area contributed by atoms with Crippen LogP contribution in [-0.4, -0.2) is 28.9 Å². The number of fused-ring (bicyclic) bond motifs is 1. The number of benzene rings is 3. The number of nitrogens with zero attached hydrogens (tertiary/aromatic N) is 1. The van der Waals surface area contributed by atoms with Crippen molar-refractivity contribution < 1.29 is 24.2 Å². The number of carbonyl (C=O) groups is 3. The molecule has 1 aliphatic rings. The van der Waals surface area contributed by atoms with Crippen LogP contribution in [0.15, 0.2) is 72.8 Å². The molecule has 7 heteroatoms. The van der Waals surface area contributed by atoms with Gasteiger partial charge in [-0.15, -0.1) is 0 Å². The number of carboxylic acids is 1. The maximum Gasteiger partial charge on any atom is 0.303 e. The van der Waals surface area contributed by atoms with E-state index in [4.69, 9.17) is 15.6 Å². The average molecular weight is 473 g/mol. The summed E-state index contributed by atoms with van der Waals surface area (Å²) in [6, 6.07) is 21.7. The predicted octanol–water partition coefficient (Wildman–Crippen LogP) is 4.75. The lowest BCUT2D eigenvalue weighted by atomic mass is 9.90. The second-order valence-electron chi connectivity index (χ2n) is 8.74.